The molecule has 4 nitrogen and oxygen atoms in total. The maximum Gasteiger partial charge on any atom is 0.133 e. The molecule has 3 N–H and O–H groups in total. The molecule has 0 aliphatic carbocycles. The zero-order valence-corrected chi connectivity index (χ0v) is 22.8. The van der Waals surface area contributed by atoms with E-state index in [1.807, 2.05) is 58.9 Å². The fraction of sp³-hybridized carbons (Fsp3) is 0.258. The second kappa shape index (κ2) is 14.5. The number of fused-ring (bicyclic) bond motifs is 1. The number of aromatic nitrogens is 2. The smallest absolute Gasteiger partial charge is 0.133 e. The number of allylic oxidation sites excluding steroid dienone is 10. The van der Waals surface area contributed by atoms with Crippen LogP contribution in [0.2, 0.25) is 0 Å². The van der Waals surface area contributed by atoms with Gasteiger partial charge in [-0.05, 0) is 56.1 Å². The normalized spacial score (nSPS) is 12.7. The van der Waals surface area contributed by atoms with Crippen molar-refractivity contribution in [3.63, 3.8) is 0 Å². The van der Waals surface area contributed by atoms with Crippen LogP contribution in [0.3, 0.4) is 0 Å². The van der Waals surface area contributed by atoms with E-state index < -0.39 is 0 Å². The van der Waals surface area contributed by atoms with Gasteiger partial charge in [0.05, 0.1) is 11.2 Å². The molecule has 2 aromatic rings. The van der Waals surface area contributed by atoms with Crippen LogP contribution in [-0.2, 0) is 0 Å². The Morgan fingerprint density at radius 1 is 1.11 bits per heavy atom. The molecule has 0 unspecified atom stereocenters. The summed E-state index contributed by atoms with van der Waals surface area (Å²) in [4.78, 5) is 0. The van der Waals surface area contributed by atoms with Gasteiger partial charge in [-0.15, -0.1) is 0 Å². The zero-order chi connectivity index (χ0) is 27.4. The number of nitrogens with zero attached hydrogens (tertiary/aromatic N) is 1. The molecule has 1 aromatic heterocycles. The Balaban J connectivity index is 0.00000316. The van der Waals surface area contributed by atoms with Gasteiger partial charge < -0.3 is 10.6 Å². The highest BCUT2D eigenvalue weighted by Gasteiger charge is 2.15. The molecule has 1 aromatic carbocycles. The maximum absolute atomic E-state index is 15.1. The third-order valence-electron chi connectivity index (χ3n) is 5.50. The molecule has 192 valence electrons. The van der Waals surface area contributed by atoms with Crippen molar-refractivity contribution in [2.75, 3.05) is 0 Å². The van der Waals surface area contributed by atoms with Gasteiger partial charge >= 0.3 is 0 Å². The van der Waals surface area contributed by atoms with Gasteiger partial charge in [0.1, 0.15) is 11.5 Å². The first-order valence-corrected chi connectivity index (χ1v) is 12.2. The monoisotopic (exact) mass is 488 g/mol. The third kappa shape index (κ3) is 7.84. The lowest BCUT2D eigenvalue weighted by Crippen LogP contribution is -2.14. The van der Waals surface area contributed by atoms with Crippen LogP contribution >= 0.6 is 0 Å². The number of halogens is 1. The van der Waals surface area contributed by atoms with E-state index in [2.05, 4.69) is 61.0 Å². The molecule has 0 atom stereocenters. The molecule has 5 heteroatoms. The van der Waals surface area contributed by atoms with E-state index in [1.54, 1.807) is 18.2 Å². The summed E-state index contributed by atoms with van der Waals surface area (Å²) in [5, 5.41) is 14.6. The van der Waals surface area contributed by atoms with Gasteiger partial charge in [0.25, 0.3) is 0 Å². The van der Waals surface area contributed by atoms with Gasteiger partial charge in [0.2, 0.25) is 0 Å². The summed E-state index contributed by atoms with van der Waals surface area (Å²) in [7, 11) is 0. The van der Waals surface area contributed by atoms with Crippen LogP contribution in [0.15, 0.2) is 97.6 Å². The number of hydrogen-bond donors (Lipinski definition) is 3. The number of nitrogens with one attached hydrogen (secondary N) is 3. The number of hydrogen-bond acceptors (Lipinski definition) is 3. The zero-order valence-electron chi connectivity index (χ0n) is 22.8. The van der Waals surface area contributed by atoms with Crippen molar-refractivity contribution in [1.82, 2.24) is 20.8 Å². The fourth-order valence-electron chi connectivity index (χ4n) is 3.17. The highest BCUT2D eigenvalue weighted by Crippen LogP contribution is 2.29. The first-order valence-electron chi connectivity index (χ1n) is 12.2. The summed E-state index contributed by atoms with van der Waals surface area (Å²) in [6.45, 7) is 29.7. The minimum atomic E-state index is -0.349. The molecule has 0 aliphatic rings. The van der Waals surface area contributed by atoms with Crippen molar-refractivity contribution in [2.24, 2.45) is 5.92 Å². The van der Waals surface area contributed by atoms with Crippen LogP contribution < -0.4 is 10.6 Å². The molecule has 0 radical (unpaired) electrons. The third-order valence-corrected chi connectivity index (χ3v) is 5.50. The molecule has 2 rings (SSSR count). The molecule has 0 fully saturated rings. The van der Waals surface area contributed by atoms with E-state index >= 15 is 4.39 Å². The van der Waals surface area contributed by atoms with Crippen LogP contribution in [-0.4, -0.2) is 10.2 Å². The molecule has 0 aliphatic heterocycles. The molecule has 36 heavy (non-hydrogen) atoms. The number of H-pyrrole nitrogens is 1. The molecular formula is C31H41FN4. The highest BCUT2D eigenvalue weighted by molar-refractivity contribution is 5.93. The van der Waals surface area contributed by atoms with Crippen molar-refractivity contribution >= 4 is 22.2 Å². The minimum Gasteiger partial charge on any atom is -0.359 e. The summed E-state index contributed by atoms with van der Waals surface area (Å²) >= 11 is 0. The highest BCUT2D eigenvalue weighted by atomic mass is 19.1. The predicted octanol–water partition coefficient (Wildman–Crippen LogP) is 8.56. The molecule has 0 saturated heterocycles. The van der Waals surface area contributed by atoms with Gasteiger partial charge in [-0.3, -0.25) is 5.10 Å². The first-order chi connectivity index (χ1) is 17.1. The Hall–Kier alpha value is -3.86. The average molecular weight is 489 g/mol. The SMILES string of the molecule is C=C/C=C\C(C)=C(/C)NC(=C)c1n[nH]c2cc(F)c(C(/C=C(\C=C)NC(=C)C(C)C)=C/C)cc12.CC. The van der Waals surface area contributed by atoms with E-state index in [1.165, 1.54) is 6.07 Å². The Kier molecular flexibility index (Phi) is 12.2. The van der Waals surface area contributed by atoms with Crippen molar-refractivity contribution < 1.29 is 4.39 Å². The van der Waals surface area contributed by atoms with Crippen LogP contribution in [0.5, 0.6) is 0 Å². The topological polar surface area (TPSA) is 52.7 Å². The Labute approximate surface area is 216 Å². The number of aromatic amines is 1. The summed E-state index contributed by atoms with van der Waals surface area (Å²) in [6.07, 6.45) is 11.0. The first kappa shape index (κ1) is 30.2. The lowest BCUT2D eigenvalue weighted by molar-refractivity contribution is 0.626. The molecule has 0 spiro atoms. The molecule has 0 amide bonds. The number of benzene rings is 1. The second-order valence-corrected chi connectivity index (χ2v) is 8.31. The molecular weight excluding hydrogens is 447 g/mol. The standard InChI is InChI=1S/C29H35FN4.C2H6/c1-10-13-14-19(6)21(8)31-22(9)29-26-16-25(27(30)17-28(26)33-34-29)23(11-2)15-24(12-3)32-20(7)18(4)5;1-2/h10-18,31-32H,1,3,7,9H2,2,4-6,8H3,(H,33,34);1-2H3/b14-13-,21-19+,23-11+,24-15+;. The molecule has 1 heterocycles. The summed E-state index contributed by atoms with van der Waals surface area (Å²) in [5.41, 5.74) is 6.60. The van der Waals surface area contributed by atoms with Gasteiger partial charge in [-0.25, -0.2) is 4.39 Å². The average Bonchev–Trinajstić information content (AvgIpc) is 3.28. The van der Waals surface area contributed by atoms with Crippen molar-refractivity contribution in [3.8, 4) is 0 Å². The minimum absolute atomic E-state index is 0.255. The van der Waals surface area contributed by atoms with E-state index in [-0.39, 0.29) is 11.7 Å². The van der Waals surface area contributed by atoms with Crippen LogP contribution in [0.25, 0.3) is 22.2 Å². The van der Waals surface area contributed by atoms with E-state index in [4.69, 9.17) is 0 Å². The predicted molar refractivity (Wildman–Crippen MR) is 156 cm³/mol. The van der Waals surface area contributed by atoms with Crippen LogP contribution in [0.4, 0.5) is 4.39 Å². The summed E-state index contributed by atoms with van der Waals surface area (Å²) < 4.78 is 15.1. The van der Waals surface area contributed by atoms with Gasteiger partial charge in [0, 0.05) is 34.1 Å². The van der Waals surface area contributed by atoms with Crippen molar-refractivity contribution in [2.45, 2.75) is 48.5 Å². The van der Waals surface area contributed by atoms with Crippen LogP contribution in [0.1, 0.15) is 59.7 Å². The number of rotatable bonds is 11. The Bertz CT molecular complexity index is 1230. The summed E-state index contributed by atoms with van der Waals surface area (Å²) in [6, 6.07) is 3.25. The lowest BCUT2D eigenvalue weighted by atomic mass is 10.00. The lowest BCUT2D eigenvalue weighted by Gasteiger charge is -2.15. The summed E-state index contributed by atoms with van der Waals surface area (Å²) in [5.74, 6) is -0.0934. The van der Waals surface area contributed by atoms with Crippen molar-refractivity contribution in [3.05, 3.63) is 115 Å². The van der Waals surface area contributed by atoms with Crippen LogP contribution in [0, 0.1) is 11.7 Å². The largest absolute Gasteiger partial charge is 0.359 e. The van der Waals surface area contributed by atoms with Gasteiger partial charge in [-0.1, -0.05) is 78.3 Å². The quantitative estimate of drug-likeness (QED) is 0.278. The van der Waals surface area contributed by atoms with Gasteiger partial charge in [0.15, 0.2) is 0 Å². The fourth-order valence-corrected chi connectivity index (χ4v) is 3.17. The van der Waals surface area contributed by atoms with E-state index in [0.29, 0.717) is 28.0 Å². The molecule has 0 saturated carbocycles. The van der Waals surface area contributed by atoms with Gasteiger partial charge in [-0.2, -0.15) is 5.10 Å². The maximum atomic E-state index is 15.1. The Morgan fingerprint density at radius 2 is 1.78 bits per heavy atom. The Morgan fingerprint density at radius 3 is 2.33 bits per heavy atom. The molecule has 0 bridgehead atoms. The van der Waals surface area contributed by atoms with E-state index in [0.717, 1.165) is 28.1 Å². The second-order valence-electron chi connectivity index (χ2n) is 8.31. The van der Waals surface area contributed by atoms with Crippen molar-refractivity contribution in [1.29, 1.82) is 0 Å². The van der Waals surface area contributed by atoms with E-state index in [9.17, 15) is 0 Å².